The molecule has 3 atom stereocenters. The van der Waals surface area contributed by atoms with Gasteiger partial charge in [-0.15, -0.1) is 0 Å². The van der Waals surface area contributed by atoms with Gasteiger partial charge in [-0.3, -0.25) is 10.1 Å². The fourth-order valence-electron chi connectivity index (χ4n) is 2.78. The van der Waals surface area contributed by atoms with Gasteiger partial charge in [-0.1, -0.05) is 44.2 Å². The van der Waals surface area contributed by atoms with Crippen LogP contribution in [0.2, 0.25) is 0 Å². The standard InChI is InChI=1S/C21H32N4O3/c1-14(2)11-17(19(23)26)24-18(13-22)16(12-15-9-7-6-8-10-15)25-20(27)28-21(3,4)5/h6-10,14,16-18,24H,11-12H2,1-5H3,(H2,23,26)(H,25,27)/t16-,17-,18-/m0/s1. The normalized spacial score (nSPS) is 14.6. The number of nitrogens with one attached hydrogen (secondary N) is 2. The van der Waals surface area contributed by atoms with E-state index >= 15 is 0 Å². The quantitative estimate of drug-likeness (QED) is 0.601. The van der Waals surface area contributed by atoms with Gasteiger partial charge in [-0.25, -0.2) is 4.79 Å². The Hall–Kier alpha value is -2.59. The van der Waals surface area contributed by atoms with E-state index in [0.29, 0.717) is 12.8 Å². The van der Waals surface area contributed by atoms with Crippen molar-refractivity contribution in [2.24, 2.45) is 11.7 Å². The average molecular weight is 389 g/mol. The lowest BCUT2D eigenvalue weighted by Gasteiger charge is -2.29. The zero-order valence-corrected chi connectivity index (χ0v) is 17.4. The number of benzene rings is 1. The molecule has 0 saturated carbocycles. The van der Waals surface area contributed by atoms with Crippen LogP contribution in [0.5, 0.6) is 0 Å². The molecule has 0 unspecified atom stereocenters. The number of primary amides is 1. The molecule has 1 rings (SSSR count). The molecule has 0 fully saturated rings. The van der Waals surface area contributed by atoms with Crippen LogP contribution in [0.3, 0.4) is 0 Å². The highest BCUT2D eigenvalue weighted by Gasteiger charge is 2.30. The van der Waals surface area contributed by atoms with Gasteiger partial charge < -0.3 is 15.8 Å². The van der Waals surface area contributed by atoms with Crippen LogP contribution in [0.25, 0.3) is 0 Å². The first kappa shape index (κ1) is 23.4. The topological polar surface area (TPSA) is 117 Å². The van der Waals surface area contributed by atoms with Crippen molar-refractivity contribution >= 4 is 12.0 Å². The van der Waals surface area contributed by atoms with Gasteiger partial charge in [0.15, 0.2) is 0 Å². The molecule has 0 aromatic heterocycles. The lowest BCUT2D eigenvalue weighted by molar-refractivity contribution is -0.120. The Bertz CT molecular complexity index is 677. The minimum absolute atomic E-state index is 0.218. The molecule has 0 bridgehead atoms. The Kier molecular flexibility index (Phi) is 8.93. The summed E-state index contributed by atoms with van der Waals surface area (Å²) in [6.45, 7) is 9.25. The third-order valence-corrected chi connectivity index (χ3v) is 3.97. The van der Waals surface area contributed by atoms with Crippen molar-refractivity contribution in [3.05, 3.63) is 35.9 Å². The minimum Gasteiger partial charge on any atom is -0.444 e. The molecule has 4 N–H and O–H groups in total. The molecule has 28 heavy (non-hydrogen) atoms. The maximum atomic E-state index is 12.3. The molecular weight excluding hydrogens is 356 g/mol. The minimum atomic E-state index is -0.816. The molecule has 7 nitrogen and oxygen atoms in total. The molecule has 154 valence electrons. The van der Waals surface area contributed by atoms with E-state index in [4.69, 9.17) is 10.5 Å². The molecule has 0 spiro atoms. The van der Waals surface area contributed by atoms with Crippen LogP contribution in [0.4, 0.5) is 4.79 Å². The first-order valence-electron chi connectivity index (χ1n) is 9.50. The Labute approximate surface area is 167 Å². The molecule has 0 aliphatic carbocycles. The Morgan fingerprint density at radius 1 is 1.21 bits per heavy atom. The number of carbonyl (C=O) groups is 2. The number of nitriles is 1. The molecule has 0 radical (unpaired) electrons. The van der Waals surface area contributed by atoms with Crippen molar-refractivity contribution in [3.8, 4) is 6.07 Å². The second kappa shape index (κ2) is 10.7. The zero-order valence-electron chi connectivity index (χ0n) is 17.4. The SMILES string of the molecule is CC(C)C[C@H](N[C@@H](C#N)[C@H](Cc1ccccc1)NC(=O)OC(C)(C)C)C(N)=O. The second-order valence-corrected chi connectivity index (χ2v) is 8.30. The van der Waals surface area contributed by atoms with Gasteiger partial charge in [-0.2, -0.15) is 5.26 Å². The molecule has 0 aliphatic rings. The molecule has 0 aliphatic heterocycles. The van der Waals surface area contributed by atoms with Crippen LogP contribution in [0.15, 0.2) is 30.3 Å². The van der Waals surface area contributed by atoms with Crippen molar-refractivity contribution < 1.29 is 14.3 Å². The van der Waals surface area contributed by atoms with Gasteiger partial charge in [0.2, 0.25) is 5.91 Å². The van der Waals surface area contributed by atoms with Gasteiger partial charge >= 0.3 is 6.09 Å². The first-order chi connectivity index (χ1) is 13.0. The number of nitrogens with two attached hydrogens (primary N) is 1. The fourth-order valence-corrected chi connectivity index (χ4v) is 2.78. The number of hydrogen-bond donors (Lipinski definition) is 3. The predicted octanol–water partition coefficient (Wildman–Crippen LogP) is 2.50. The van der Waals surface area contributed by atoms with E-state index in [-0.39, 0.29) is 5.92 Å². The monoisotopic (exact) mass is 388 g/mol. The van der Waals surface area contributed by atoms with Crippen molar-refractivity contribution in [2.75, 3.05) is 0 Å². The lowest BCUT2D eigenvalue weighted by Crippen LogP contribution is -2.56. The van der Waals surface area contributed by atoms with Crippen LogP contribution in [-0.4, -0.2) is 35.7 Å². The third-order valence-electron chi connectivity index (χ3n) is 3.97. The average Bonchev–Trinajstić information content (AvgIpc) is 2.56. The molecule has 1 aromatic rings. The number of hydrogen-bond acceptors (Lipinski definition) is 5. The summed E-state index contributed by atoms with van der Waals surface area (Å²) >= 11 is 0. The van der Waals surface area contributed by atoms with E-state index in [2.05, 4.69) is 16.7 Å². The number of amides is 2. The predicted molar refractivity (Wildman–Crippen MR) is 108 cm³/mol. The maximum Gasteiger partial charge on any atom is 0.407 e. The first-order valence-corrected chi connectivity index (χ1v) is 9.50. The van der Waals surface area contributed by atoms with Crippen LogP contribution < -0.4 is 16.4 Å². The molecule has 0 saturated heterocycles. The summed E-state index contributed by atoms with van der Waals surface area (Å²) in [7, 11) is 0. The maximum absolute atomic E-state index is 12.3. The van der Waals surface area contributed by atoms with Gasteiger partial charge in [-0.05, 0) is 45.1 Å². The molecular formula is C21H32N4O3. The number of ether oxygens (including phenoxy) is 1. The highest BCUT2D eigenvalue weighted by atomic mass is 16.6. The lowest BCUT2D eigenvalue weighted by atomic mass is 9.97. The van der Waals surface area contributed by atoms with E-state index in [1.165, 1.54) is 0 Å². The van der Waals surface area contributed by atoms with Crippen molar-refractivity contribution in [1.82, 2.24) is 10.6 Å². The summed E-state index contributed by atoms with van der Waals surface area (Å²) in [6, 6.07) is 9.58. The van der Waals surface area contributed by atoms with Gasteiger partial charge in [0.05, 0.1) is 18.2 Å². The van der Waals surface area contributed by atoms with E-state index in [1.807, 2.05) is 44.2 Å². The van der Waals surface area contributed by atoms with Gasteiger partial charge in [0, 0.05) is 0 Å². The van der Waals surface area contributed by atoms with Crippen LogP contribution >= 0.6 is 0 Å². The number of nitrogens with zero attached hydrogens (tertiary/aromatic N) is 1. The molecule has 2 amide bonds. The summed E-state index contributed by atoms with van der Waals surface area (Å²) in [5, 5.41) is 15.5. The third kappa shape index (κ3) is 8.87. The van der Waals surface area contributed by atoms with Crippen LogP contribution in [-0.2, 0) is 16.0 Å². The number of alkyl carbamates (subject to hydrolysis) is 1. The number of rotatable bonds is 9. The van der Waals surface area contributed by atoms with E-state index in [9.17, 15) is 14.9 Å². The Morgan fingerprint density at radius 3 is 2.29 bits per heavy atom. The summed E-state index contributed by atoms with van der Waals surface area (Å²) < 4.78 is 5.34. The highest BCUT2D eigenvalue weighted by Crippen LogP contribution is 2.12. The zero-order chi connectivity index (χ0) is 21.3. The summed E-state index contributed by atoms with van der Waals surface area (Å²) in [5.74, 6) is -0.305. The van der Waals surface area contributed by atoms with Crippen molar-refractivity contribution in [3.63, 3.8) is 0 Å². The summed E-state index contributed by atoms with van der Waals surface area (Å²) in [6.07, 6.45) is 0.284. The summed E-state index contributed by atoms with van der Waals surface area (Å²) in [4.78, 5) is 24.1. The smallest absolute Gasteiger partial charge is 0.407 e. The van der Waals surface area contributed by atoms with Gasteiger partial charge in [0.1, 0.15) is 11.6 Å². The Morgan fingerprint density at radius 2 is 1.82 bits per heavy atom. The highest BCUT2D eigenvalue weighted by molar-refractivity contribution is 5.80. The fraction of sp³-hybridized carbons (Fsp3) is 0.571. The number of carbonyl (C=O) groups excluding carboxylic acids is 2. The van der Waals surface area contributed by atoms with Crippen LogP contribution in [0.1, 0.15) is 46.6 Å². The van der Waals surface area contributed by atoms with Gasteiger partial charge in [0.25, 0.3) is 0 Å². The van der Waals surface area contributed by atoms with Crippen molar-refractivity contribution in [2.45, 2.75) is 71.2 Å². The summed E-state index contributed by atoms with van der Waals surface area (Å²) in [5.41, 5.74) is 5.79. The Balaban J connectivity index is 3.03. The van der Waals surface area contributed by atoms with E-state index < -0.39 is 35.7 Å². The van der Waals surface area contributed by atoms with Crippen LogP contribution in [0, 0.1) is 17.2 Å². The van der Waals surface area contributed by atoms with E-state index in [1.54, 1.807) is 20.8 Å². The largest absolute Gasteiger partial charge is 0.444 e. The molecule has 0 heterocycles. The second-order valence-electron chi connectivity index (χ2n) is 8.30. The van der Waals surface area contributed by atoms with E-state index in [0.717, 1.165) is 5.56 Å². The molecule has 1 aromatic carbocycles. The molecule has 7 heteroatoms. The van der Waals surface area contributed by atoms with Crippen molar-refractivity contribution in [1.29, 1.82) is 5.26 Å².